The zero-order valence-electron chi connectivity index (χ0n) is 14.2. The smallest absolute Gasteiger partial charge is 0.270 e. The Morgan fingerprint density at radius 3 is 3.00 bits per heavy atom. The maximum atomic E-state index is 13.2. The molecule has 1 aliphatic rings. The number of hydrogen-bond acceptors (Lipinski definition) is 3. The first kappa shape index (κ1) is 15.7. The molecule has 5 heteroatoms. The summed E-state index contributed by atoms with van der Waals surface area (Å²) >= 11 is 0. The van der Waals surface area contributed by atoms with Gasteiger partial charge in [-0.1, -0.05) is 6.07 Å². The normalized spacial score (nSPS) is 17.6. The predicted molar refractivity (Wildman–Crippen MR) is 96.7 cm³/mol. The van der Waals surface area contributed by atoms with Gasteiger partial charge in [-0.2, -0.15) is 0 Å². The van der Waals surface area contributed by atoms with Crippen molar-refractivity contribution >= 4 is 16.8 Å². The monoisotopic (exact) mass is 335 g/mol. The van der Waals surface area contributed by atoms with Crippen LogP contribution < -0.4 is 4.74 Å². The van der Waals surface area contributed by atoms with Gasteiger partial charge in [-0.3, -0.25) is 9.78 Å². The number of hydrogen-bond donors (Lipinski definition) is 1. The van der Waals surface area contributed by atoms with Gasteiger partial charge >= 0.3 is 0 Å². The van der Waals surface area contributed by atoms with Gasteiger partial charge in [0, 0.05) is 35.9 Å². The van der Waals surface area contributed by atoms with Gasteiger partial charge in [-0.05, 0) is 49.1 Å². The average molecular weight is 335 g/mol. The summed E-state index contributed by atoms with van der Waals surface area (Å²) in [5, 5.41) is 1.01. The number of ether oxygens (including phenoxy) is 1. The van der Waals surface area contributed by atoms with Crippen molar-refractivity contribution in [3.8, 4) is 5.75 Å². The van der Waals surface area contributed by atoms with Gasteiger partial charge < -0.3 is 14.6 Å². The second-order valence-electron chi connectivity index (χ2n) is 6.43. The first-order valence-corrected chi connectivity index (χ1v) is 8.64. The zero-order chi connectivity index (χ0) is 17.2. The highest BCUT2D eigenvalue weighted by Crippen LogP contribution is 2.32. The number of methoxy groups -OCH3 is 1. The van der Waals surface area contributed by atoms with Gasteiger partial charge in [0.25, 0.3) is 5.91 Å². The number of aromatic amines is 1. The van der Waals surface area contributed by atoms with Crippen molar-refractivity contribution in [1.29, 1.82) is 0 Å². The topological polar surface area (TPSA) is 58.2 Å². The fourth-order valence-electron chi connectivity index (χ4n) is 3.60. The van der Waals surface area contributed by atoms with Crippen LogP contribution in [0.3, 0.4) is 0 Å². The Hall–Kier alpha value is -2.82. The van der Waals surface area contributed by atoms with Crippen molar-refractivity contribution in [3.63, 3.8) is 0 Å². The van der Waals surface area contributed by atoms with E-state index in [0.717, 1.165) is 48.0 Å². The molecule has 25 heavy (non-hydrogen) atoms. The first-order chi connectivity index (χ1) is 12.3. The van der Waals surface area contributed by atoms with E-state index in [1.807, 2.05) is 41.4 Å². The Kier molecular flexibility index (Phi) is 4.14. The van der Waals surface area contributed by atoms with E-state index < -0.39 is 0 Å². The minimum Gasteiger partial charge on any atom is -0.497 e. The highest BCUT2D eigenvalue weighted by atomic mass is 16.5. The van der Waals surface area contributed by atoms with Crippen LogP contribution in [0.1, 0.15) is 41.4 Å². The number of carbonyl (C=O) groups is 1. The average Bonchev–Trinajstić information content (AvgIpc) is 3.11. The fraction of sp³-hybridized carbons (Fsp3) is 0.300. The number of nitrogens with zero attached hydrogens (tertiary/aromatic N) is 2. The Bertz CT molecular complexity index is 888. The third-order valence-corrected chi connectivity index (χ3v) is 4.89. The molecule has 0 radical (unpaired) electrons. The predicted octanol–water partition coefficient (Wildman–Crippen LogP) is 3.94. The molecule has 3 aromatic rings. The van der Waals surface area contributed by atoms with E-state index in [0.29, 0.717) is 5.69 Å². The number of benzene rings is 1. The van der Waals surface area contributed by atoms with Crippen LogP contribution in [0.5, 0.6) is 5.75 Å². The van der Waals surface area contributed by atoms with Crippen molar-refractivity contribution in [2.24, 2.45) is 0 Å². The third kappa shape index (κ3) is 2.97. The van der Waals surface area contributed by atoms with Crippen LogP contribution in [-0.4, -0.2) is 34.4 Å². The van der Waals surface area contributed by atoms with Crippen molar-refractivity contribution in [2.75, 3.05) is 13.7 Å². The van der Waals surface area contributed by atoms with Crippen molar-refractivity contribution < 1.29 is 9.53 Å². The molecule has 1 fully saturated rings. The summed E-state index contributed by atoms with van der Waals surface area (Å²) in [5.41, 5.74) is 2.64. The lowest BCUT2D eigenvalue weighted by Crippen LogP contribution is -2.38. The van der Waals surface area contributed by atoms with Crippen LogP contribution in [0, 0.1) is 0 Å². The van der Waals surface area contributed by atoms with E-state index in [1.54, 1.807) is 13.3 Å². The fourth-order valence-corrected chi connectivity index (χ4v) is 3.60. The van der Waals surface area contributed by atoms with E-state index >= 15 is 0 Å². The first-order valence-electron chi connectivity index (χ1n) is 8.64. The number of carbonyl (C=O) groups excluding carboxylic acids is 1. The lowest BCUT2D eigenvalue weighted by atomic mass is 9.96. The number of amides is 1. The highest BCUT2D eigenvalue weighted by Gasteiger charge is 2.29. The summed E-state index contributed by atoms with van der Waals surface area (Å²) < 4.78 is 5.26. The van der Waals surface area contributed by atoms with E-state index in [-0.39, 0.29) is 11.9 Å². The summed E-state index contributed by atoms with van der Waals surface area (Å²) in [4.78, 5) is 22.6. The summed E-state index contributed by atoms with van der Waals surface area (Å²) in [5.74, 6) is 0.822. The van der Waals surface area contributed by atoms with Crippen molar-refractivity contribution in [1.82, 2.24) is 14.9 Å². The largest absolute Gasteiger partial charge is 0.497 e. The lowest BCUT2D eigenvalue weighted by molar-refractivity contribution is 0.0606. The molecule has 5 nitrogen and oxygen atoms in total. The number of likely N-dealkylation sites (tertiary alicyclic amines) is 1. The molecule has 1 aliphatic heterocycles. The minimum atomic E-state index is 0.0451. The van der Waals surface area contributed by atoms with Gasteiger partial charge in [0.05, 0.1) is 13.2 Å². The summed E-state index contributed by atoms with van der Waals surface area (Å²) in [7, 11) is 1.64. The van der Waals surface area contributed by atoms with E-state index in [9.17, 15) is 4.79 Å². The second kappa shape index (κ2) is 6.59. The van der Waals surface area contributed by atoms with Gasteiger partial charge in [-0.25, -0.2) is 0 Å². The van der Waals surface area contributed by atoms with Crippen LogP contribution in [0.25, 0.3) is 10.9 Å². The minimum absolute atomic E-state index is 0.0451. The van der Waals surface area contributed by atoms with Crippen molar-refractivity contribution in [2.45, 2.75) is 25.3 Å². The SMILES string of the molecule is COc1ccc2cc(C(=O)N3CCCC[C@@H]3c3cccnc3)[nH]c2c1. The van der Waals surface area contributed by atoms with Crippen LogP contribution in [0.2, 0.25) is 0 Å². The molecule has 2 aromatic heterocycles. The molecule has 0 aliphatic carbocycles. The molecule has 1 saturated heterocycles. The van der Waals surface area contributed by atoms with Crippen molar-refractivity contribution in [3.05, 3.63) is 60.0 Å². The Labute approximate surface area is 146 Å². The number of piperidine rings is 1. The molecule has 0 saturated carbocycles. The lowest BCUT2D eigenvalue weighted by Gasteiger charge is -2.35. The molecule has 0 spiro atoms. The Morgan fingerprint density at radius 2 is 2.20 bits per heavy atom. The summed E-state index contributed by atoms with van der Waals surface area (Å²) in [6.45, 7) is 0.775. The Morgan fingerprint density at radius 1 is 1.28 bits per heavy atom. The maximum absolute atomic E-state index is 13.2. The molecule has 0 bridgehead atoms. The number of rotatable bonds is 3. The number of aromatic nitrogens is 2. The van der Waals surface area contributed by atoms with Crippen LogP contribution in [0.4, 0.5) is 0 Å². The molecular weight excluding hydrogens is 314 g/mol. The van der Waals surface area contributed by atoms with Crippen LogP contribution >= 0.6 is 0 Å². The quantitative estimate of drug-likeness (QED) is 0.789. The number of pyridine rings is 1. The van der Waals surface area contributed by atoms with Gasteiger partial charge in [0.2, 0.25) is 0 Å². The standard InChI is InChI=1S/C20H21N3O2/c1-25-16-8-7-14-11-18(22-17(14)12-16)20(24)23-10-3-2-6-19(23)15-5-4-9-21-13-15/h4-5,7-9,11-13,19,22H,2-3,6,10H2,1H3/t19-/m1/s1. The van der Waals surface area contributed by atoms with E-state index in [4.69, 9.17) is 4.74 Å². The summed E-state index contributed by atoms with van der Waals surface area (Å²) in [6.07, 6.45) is 6.78. The highest BCUT2D eigenvalue weighted by molar-refractivity contribution is 5.98. The number of H-pyrrole nitrogens is 1. The molecule has 0 unspecified atom stereocenters. The third-order valence-electron chi connectivity index (χ3n) is 4.89. The summed E-state index contributed by atoms with van der Waals surface area (Å²) in [6, 6.07) is 11.8. The van der Waals surface area contributed by atoms with Crippen LogP contribution in [-0.2, 0) is 0 Å². The molecule has 4 rings (SSSR count). The molecule has 1 aromatic carbocycles. The number of nitrogens with one attached hydrogen (secondary N) is 1. The number of fused-ring (bicyclic) bond motifs is 1. The molecule has 3 heterocycles. The van der Waals surface area contributed by atoms with Gasteiger partial charge in [0.15, 0.2) is 0 Å². The van der Waals surface area contributed by atoms with E-state index in [2.05, 4.69) is 16.0 Å². The second-order valence-corrected chi connectivity index (χ2v) is 6.43. The molecule has 1 amide bonds. The zero-order valence-corrected chi connectivity index (χ0v) is 14.2. The van der Waals surface area contributed by atoms with Gasteiger partial charge in [0.1, 0.15) is 11.4 Å². The molecule has 1 atom stereocenters. The molecule has 128 valence electrons. The van der Waals surface area contributed by atoms with Crippen LogP contribution in [0.15, 0.2) is 48.8 Å². The Balaban J connectivity index is 1.66. The maximum Gasteiger partial charge on any atom is 0.270 e. The van der Waals surface area contributed by atoms with E-state index in [1.165, 1.54) is 0 Å². The molecular formula is C20H21N3O2. The van der Waals surface area contributed by atoms with Gasteiger partial charge in [-0.15, -0.1) is 0 Å². The molecule has 1 N–H and O–H groups in total.